The van der Waals surface area contributed by atoms with Crippen molar-refractivity contribution < 1.29 is 23.0 Å². The number of halogens is 2. The van der Waals surface area contributed by atoms with E-state index >= 15 is 0 Å². The Hall–Kier alpha value is -0.950. The van der Waals surface area contributed by atoms with E-state index in [-0.39, 0.29) is 12.0 Å². The summed E-state index contributed by atoms with van der Waals surface area (Å²) in [5.74, 6) is 0.273. The predicted molar refractivity (Wildman–Crippen MR) is 73.5 cm³/mol. The fourth-order valence-corrected chi connectivity index (χ4v) is 3.14. The van der Waals surface area contributed by atoms with Crippen LogP contribution in [-0.2, 0) is 9.47 Å². The minimum Gasteiger partial charge on any atom is -0.383 e. The average Bonchev–Trinajstić information content (AvgIpc) is 2.97. The summed E-state index contributed by atoms with van der Waals surface area (Å²) in [5, 5.41) is 2.89. The van der Waals surface area contributed by atoms with E-state index in [0.717, 1.165) is 12.8 Å². The van der Waals surface area contributed by atoms with Crippen LogP contribution < -0.4 is 5.32 Å². The lowest BCUT2D eigenvalue weighted by Gasteiger charge is -2.33. The van der Waals surface area contributed by atoms with Gasteiger partial charge in [-0.2, -0.15) is 0 Å². The maximum atomic E-state index is 12.9. The summed E-state index contributed by atoms with van der Waals surface area (Å²) in [7, 11) is 1.58. The number of likely N-dealkylation sites (tertiary alicyclic amines) is 1. The molecule has 7 heteroatoms. The minimum atomic E-state index is -2.48. The van der Waals surface area contributed by atoms with Crippen LogP contribution in [0.4, 0.5) is 13.6 Å². The number of hydrogen-bond acceptors (Lipinski definition) is 3. The Morgan fingerprint density at radius 1 is 1.38 bits per heavy atom. The third kappa shape index (κ3) is 4.26. The van der Waals surface area contributed by atoms with Crippen LogP contribution in [0.15, 0.2) is 0 Å². The van der Waals surface area contributed by atoms with Crippen molar-refractivity contribution in [2.24, 2.45) is 5.92 Å². The Morgan fingerprint density at radius 3 is 2.71 bits per heavy atom. The summed E-state index contributed by atoms with van der Waals surface area (Å²) >= 11 is 0. The summed E-state index contributed by atoms with van der Waals surface area (Å²) in [6.45, 7) is 2.13. The van der Waals surface area contributed by atoms with E-state index in [1.807, 2.05) is 0 Å². The highest BCUT2D eigenvalue weighted by Gasteiger charge is 2.36. The highest BCUT2D eigenvalue weighted by Crippen LogP contribution is 2.24. The van der Waals surface area contributed by atoms with E-state index in [2.05, 4.69) is 5.32 Å². The van der Waals surface area contributed by atoms with E-state index in [1.54, 1.807) is 7.11 Å². The maximum Gasteiger partial charge on any atom is 0.318 e. The molecule has 0 saturated carbocycles. The standard InChI is InChI=1S/C14H24F2N2O3/c1-20-9-11(10-4-7-21-8-5-10)17-14(19)18-6-2-3-12(18)13(15)16/h10-13H,2-9H2,1H3,(H,17,19)/t11?,12-/m0/s1. The first kappa shape index (κ1) is 16.4. The average molecular weight is 306 g/mol. The second-order valence-electron chi connectivity index (χ2n) is 5.70. The summed E-state index contributed by atoms with van der Waals surface area (Å²) < 4.78 is 36.3. The fraction of sp³-hybridized carbons (Fsp3) is 0.929. The van der Waals surface area contributed by atoms with Gasteiger partial charge in [-0.15, -0.1) is 0 Å². The Labute approximate surface area is 124 Å². The van der Waals surface area contributed by atoms with Crippen LogP contribution in [0.25, 0.3) is 0 Å². The number of nitrogens with zero attached hydrogens (tertiary/aromatic N) is 1. The quantitative estimate of drug-likeness (QED) is 0.843. The Balaban J connectivity index is 1.93. The molecule has 2 saturated heterocycles. The van der Waals surface area contributed by atoms with E-state index in [9.17, 15) is 13.6 Å². The topological polar surface area (TPSA) is 50.8 Å². The van der Waals surface area contributed by atoms with Gasteiger partial charge in [-0.25, -0.2) is 13.6 Å². The maximum absolute atomic E-state index is 12.9. The number of amides is 2. The number of hydrogen-bond donors (Lipinski definition) is 1. The third-order valence-corrected chi connectivity index (χ3v) is 4.34. The molecule has 0 radical (unpaired) electrons. The lowest BCUT2D eigenvalue weighted by Crippen LogP contribution is -2.52. The normalized spacial score (nSPS) is 25.3. The third-order valence-electron chi connectivity index (χ3n) is 4.34. The van der Waals surface area contributed by atoms with E-state index in [1.165, 1.54) is 4.90 Å². The first-order valence-electron chi connectivity index (χ1n) is 7.55. The summed E-state index contributed by atoms with van der Waals surface area (Å²) in [5.41, 5.74) is 0. The number of urea groups is 1. The van der Waals surface area contributed by atoms with E-state index < -0.39 is 18.5 Å². The fourth-order valence-electron chi connectivity index (χ4n) is 3.14. The van der Waals surface area contributed by atoms with Gasteiger partial charge in [0, 0.05) is 26.9 Å². The zero-order valence-corrected chi connectivity index (χ0v) is 12.4. The van der Waals surface area contributed by atoms with Crippen molar-refractivity contribution in [1.29, 1.82) is 0 Å². The molecule has 2 heterocycles. The molecule has 0 aliphatic carbocycles. The summed E-state index contributed by atoms with van der Waals surface area (Å²) in [4.78, 5) is 13.6. The van der Waals surface area contributed by atoms with Gasteiger partial charge in [-0.1, -0.05) is 0 Å². The van der Waals surface area contributed by atoms with Gasteiger partial charge in [0.25, 0.3) is 6.43 Å². The molecule has 1 unspecified atom stereocenters. The molecule has 2 aliphatic heterocycles. The summed E-state index contributed by atoms with van der Waals surface area (Å²) in [6.07, 6.45) is 0.229. The lowest BCUT2D eigenvalue weighted by molar-refractivity contribution is 0.0341. The van der Waals surface area contributed by atoms with Crippen molar-refractivity contribution >= 4 is 6.03 Å². The number of carbonyl (C=O) groups is 1. The molecule has 0 spiro atoms. The molecule has 0 aromatic carbocycles. The monoisotopic (exact) mass is 306 g/mol. The SMILES string of the molecule is COCC(NC(=O)N1CCC[C@H]1C(F)F)C1CCOCC1. The first-order chi connectivity index (χ1) is 10.1. The highest BCUT2D eigenvalue weighted by atomic mass is 19.3. The number of ether oxygens (including phenoxy) is 2. The molecule has 0 aromatic heterocycles. The zero-order valence-electron chi connectivity index (χ0n) is 12.4. The smallest absolute Gasteiger partial charge is 0.318 e. The van der Waals surface area contributed by atoms with Gasteiger partial charge in [0.2, 0.25) is 0 Å². The second kappa shape index (κ2) is 7.89. The Kier molecular flexibility index (Phi) is 6.17. The predicted octanol–water partition coefficient (Wildman–Crippen LogP) is 1.87. The molecule has 2 rings (SSSR count). The molecular formula is C14H24F2N2O3. The first-order valence-corrected chi connectivity index (χ1v) is 7.55. The van der Waals surface area contributed by atoms with Gasteiger partial charge < -0.3 is 19.7 Å². The molecule has 2 amide bonds. The number of methoxy groups -OCH3 is 1. The van der Waals surface area contributed by atoms with Crippen molar-refractivity contribution in [2.75, 3.05) is 33.5 Å². The number of carbonyl (C=O) groups excluding carboxylic acids is 1. The van der Waals surface area contributed by atoms with E-state index in [0.29, 0.717) is 39.2 Å². The van der Waals surface area contributed by atoms with Crippen LogP contribution in [0.5, 0.6) is 0 Å². The van der Waals surface area contributed by atoms with Crippen molar-refractivity contribution in [1.82, 2.24) is 10.2 Å². The molecule has 1 N–H and O–H groups in total. The van der Waals surface area contributed by atoms with Crippen LogP contribution in [0, 0.1) is 5.92 Å². The molecule has 2 atom stereocenters. The summed E-state index contributed by atoms with van der Waals surface area (Å²) in [6, 6.07) is -1.50. The van der Waals surface area contributed by atoms with Crippen molar-refractivity contribution in [3.8, 4) is 0 Å². The Bertz CT molecular complexity index is 338. The number of nitrogens with one attached hydrogen (secondary N) is 1. The molecule has 5 nitrogen and oxygen atoms in total. The van der Waals surface area contributed by atoms with Crippen molar-refractivity contribution in [3.05, 3.63) is 0 Å². The molecule has 0 aromatic rings. The molecule has 122 valence electrons. The zero-order chi connectivity index (χ0) is 15.2. The highest BCUT2D eigenvalue weighted by molar-refractivity contribution is 5.75. The van der Waals surface area contributed by atoms with Gasteiger partial charge in [-0.05, 0) is 31.6 Å². The molecule has 21 heavy (non-hydrogen) atoms. The van der Waals surface area contributed by atoms with Crippen molar-refractivity contribution in [3.63, 3.8) is 0 Å². The molecule has 2 fully saturated rings. The second-order valence-corrected chi connectivity index (χ2v) is 5.70. The van der Waals surface area contributed by atoms with Gasteiger partial charge >= 0.3 is 6.03 Å². The molecular weight excluding hydrogens is 282 g/mol. The van der Waals surface area contributed by atoms with Crippen LogP contribution in [0.1, 0.15) is 25.7 Å². The van der Waals surface area contributed by atoms with E-state index in [4.69, 9.17) is 9.47 Å². The minimum absolute atomic E-state index is 0.148. The van der Waals surface area contributed by atoms with Gasteiger partial charge in [-0.3, -0.25) is 0 Å². The van der Waals surface area contributed by atoms with Crippen LogP contribution in [0.2, 0.25) is 0 Å². The molecule has 0 bridgehead atoms. The molecule has 2 aliphatic rings. The number of rotatable bonds is 5. The lowest BCUT2D eigenvalue weighted by atomic mass is 9.92. The Morgan fingerprint density at radius 2 is 2.10 bits per heavy atom. The van der Waals surface area contributed by atoms with Gasteiger partial charge in [0.15, 0.2) is 0 Å². The van der Waals surface area contributed by atoms with Gasteiger partial charge in [0.1, 0.15) is 0 Å². The van der Waals surface area contributed by atoms with Gasteiger partial charge in [0.05, 0.1) is 18.7 Å². The van der Waals surface area contributed by atoms with Crippen molar-refractivity contribution in [2.45, 2.75) is 44.2 Å². The van der Waals surface area contributed by atoms with Crippen LogP contribution in [-0.4, -0.2) is 62.9 Å². The van der Waals surface area contributed by atoms with Crippen LogP contribution >= 0.6 is 0 Å². The largest absolute Gasteiger partial charge is 0.383 e. The number of alkyl halides is 2. The van der Waals surface area contributed by atoms with Crippen LogP contribution in [0.3, 0.4) is 0 Å².